The molecule has 1 saturated heterocycles. The Morgan fingerprint density at radius 3 is 2.93 bits per heavy atom. The van der Waals surface area contributed by atoms with Gasteiger partial charge in [0.05, 0.1) is 13.7 Å². The zero-order valence-electron chi connectivity index (χ0n) is 8.90. The zero-order valence-corrected chi connectivity index (χ0v) is 8.90. The number of carbonyl (C=O) groups excluding carboxylic acids is 1. The topological polar surface area (TPSA) is 68.5 Å². The van der Waals surface area contributed by atoms with Gasteiger partial charge in [0.1, 0.15) is 0 Å². The first-order valence-corrected chi connectivity index (χ1v) is 4.98. The van der Waals surface area contributed by atoms with Crippen molar-refractivity contribution in [2.75, 3.05) is 13.7 Å². The van der Waals surface area contributed by atoms with Crippen LogP contribution in [0.2, 0.25) is 0 Å². The molecule has 2 unspecified atom stereocenters. The minimum Gasteiger partial charge on any atom is -0.466 e. The number of hydrogen-bond acceptors (Lipinski definition) is 4. The molecule has 0 bridgehead atoms. The smallest absolute Gasteiger partial charge is 0.333 e. The Hall–Kier alpha value is -1.13. The number of aliphatic hydroxyl groups is 1. The maximum absolute atomic E-state index is 11.0. The van der Waals surface area contributed by atoms with Gasteiger partial charge in [-0.15, -0.1) is 6.58 Å². The highest BCUT2D eigenvalue weighted by Gasteiger charge is 2.39. The average molecular weight is 211 g/mol. The molecular weight excluding hydrogens is 194 g/mol. The lowest BCUT2D eigenvalue weighted by Crippen LogP contribution is -2.11. The van der Waals surface area contributed by atoms with Gasteiger partial charge in [0.2, 0.25) is 0 Å². The lowest BCUT2D eigenvalue weighted by molar-refractivity contribution is -0.136. The largest absolute Gasteiger partial charge is 0.466 e. The third-order valence-corrected chi connectivity index (χ3v) is 2.44. The standard InChI is InChI=1S/C8H11NO2.C3H6O/c1-11-8(10)5-2-3-6-7(4-5)9-6;1-2-3-4/h2,6-7,9H,3-4H2,1H3;2,4H,1,3H2. The van der Waals surface area contributed by atoms with E-state index in [0.29, 0.717) is 12.1 Å². The van der Waals surface area contributed by atoms with Gasteiger partial charge in [0.25, 0.3) is 0 Å². The maximum atomic E-state index is 11.0. The molecule has 0 amide bonds. The average Bonchev–Trinajstić information content (AvgIpc) is 3.06. The van der Waals surface area contributed by atoms with Crippen LogP contribution >= 0.6 is 0 Å². The molecule has 2 N–H and O–H groups in total. The maximum Gasteiger partial charge on any atom is 0.333 e. The van der Waals surface area contributed by atoms with Crippen molar-refractivity contribution >= 4 is 5.97 Å². The van der Waals surface area contributed by atoms with Crippen molar-refractivity contribution in [2.24, 2.45) is 0 Å². The van der Waals surface area contributed by atoms with Crippen LogP contribution < -0.4 is 5.32 Å². The van der Waals surface area contributed by atoms with Crippen LogP contribution in [0.15, 0.2) is 24.3 Å². The molecule has 1 aliphatic carbocycles. The number of nitrogens with one attached hydrogen (secondary N) is 1. The number of methoxy groups -OCH3 is 1. The fourth-order valence-corrected chi connectivity index (χ4v) is 1.54. The summed E-state index contributed by atoms with van der Waals surface area (Å²) < 4.78 is 4.62. The first-order valence-electron chi connectivity index (χ1n) is 4.98. The fourth-order valence-electron chi connectivity index (χ4n) is 1.54. The minimum atomic E-state index is -0.169. The van der Waals surface area contributed by atoms with Gasteiger partial charge in [-0.2, -0.15) is 0 Å². The normalized spacial score (nSPS) is 26.4. The van der Waals surface area contributed by atoms with Gasteiger partial charge >= 0.3 is 5.97 Å². The molecule has 0 saturated carbocycles. The number of aliphatic hydroxyl groups excluding tert-OH is 1. The highest BCUT2D eigenvalue weighted by Crippen LogP contribution is 2.28. The van der Waals surface area contributed by atoms with E-state index < -0.39 is 0 Å². The molecule has 2 atom stereocenters. The van der Waals surface area contributed by atoms with Crippen LogP contribution in [0.4, 0.5) is 0 Å². The van der Waals surface area contributed by atoms with Gasteiger partial charge < -0.3 is 15.2 Å². The van der Waals surface area contributed by atoms with E-state index in [1.54, 1.807) is 0 Å². The molecule has 1 fully saturated rings. The van der Waals surface area contributed by atoms with Crippen molar-refractivity contribution in [3.05, 3.63) is 24.3 Å². The quantitative estimate of drug-likeness (QED) is 0.394. The molecule has 2 rings (SSSR count). The summed E-state index contributed by atoms with van der Waals surface area (Å²) >= 11 is 0. The van der Waals surface area contributed by atoms with Crippen LogP contribution in [0.3, 0.4) is 0 Å². The molecule has 4 nitrogen and oxygen atoms in total. The summed E-state index contributed by atoms with van der Waals surface area (Å²) in [6.45, 7) is 3.31. The first kappa shape index (κ1) is 11.9. The minimum absolute atomic E-state index is 0.0833. The fraction of sp³-hybridized carbons (Fsp3) is 0.545. The molecule has 0 aromatic heterocycles. The summed E-state index contributed by atoms with van der Waals surface area (Å²) in [5, 5.41) is 11.0. The van der Waals surface area contributed by atoms with Gasteiger partial charge in [0, 0.05) is 17.7 Å². The van der Waals surface area contributed by atoms with E-state index >= 15 is 0 Å². The van der Waals surface area contributed by atoms with Gasteiger partial charge in [-0.3, -0.25) is 0 Å². The molecule has 0 radical (unpaired) electrons. The third kappa shape index (κ3) is 3.49. The summed E-state index contributed by atoms with van der Waals surface area (Å²) in [6, 6.07) is 1.19. The second kappa shape index (κ2) is 5.68. The Kier molecular flexibility index (Phi) is 4.52. The molecule has 0 aromatic rings. The summed E-state index contributed by atoms with van der Waals surface area (Å²) in [6.07, 6.45) is 5.24. The zero-order chi connectivity index (χ0) is 11.3. The van der Waals surface area contributed by atoms with E-state index in [9.17, 15) is 4.79 Å². The number of hydrogen-bond donors (Lipinski definition) is 2. The molecular formula is C11H17NO3. The summed E-state index contributed by atoms with van der Waals surface area (Å²) in [5.74, 6) is -0.169. The van der Waals surface area contributed by atoms with Gasteiger partial charge in [-0.1, -0.05) is 12.2 Å². The molecule has 2 aliphatic rings. The Bertz CT molecular complexity index is 273. The Morgan fingerprint density at radius 1 is 1.80 bits per heavy atom. The number of ether oxygens (including phenoxy) is 1. The molecule has 0 aromatic carbocycles. The van der Waals surface area contributed by atoms with Crippen molar-refractivity contribution in [1.29, 1.82) is 0 Å². The van der Waals surface area contributed by atoms with Crippen molar-refractivity contribution in [3.8, 4) is 0 Å². The van der Waals surface area contributed by atoms with Crippen molar-refractivity contribution < 1.29 is 14.6 Å². The monoisotopic (exact) mass is 211 g/mol. The van der Waals surface area contributed by atoms with Crippen LogP contribution in [0.1, 0.15) is 12.8 Å². The van der Waals surface area contributed by atoms with E-state index in [0.717, 1.165) is 18.4 Å². The van der Waals surface area contributed by atoms with E-state index in [4.69, 9.17) is 5.11 Å². The van der Waals surface area contributed by atoms with Crippen molar-refractivity contribution in [2.45, 2.75) is 24.9 Å². The highest BCUT2D eigenvalue weighted by molar-refractivity contribution is 5.88. The lowest BCUT2D eigenvalue weighted by atomic mass is 10.00. The molecule has 84 valence electrons. The number of rotatable bonds is 2. The van der Waals surface area contributed by atoms with Crippen LogP contribution in [0, 0.1) is 0 Å². The third-order valence-electron chi connectivity index (χ3n) is 2.44. The molecule has 1 heterocycles. The number of carbonyl (C=O) groups is 1. The summed E-state index contributed by atoms with van der Waals surface area (Å²) in [5.41, 5.74) is 0.832. The first-order chi connectivity index (χ1) is 7.22. The van der Waals surface area contributed by atoms with Crippen LogP contribution in [-0.2, 0) is 9.53 Å². The van der Waals surface area contributed by atoms with E-state index in [1.165, 1.54) is 13.2 Å². The van der Waals surface area contributed by atoms with Crippen LogP contribution in [0.25, 0.3) is 0 Å². The SMILES string of the molecule is C=CCO.COC(=O)C1=CCC2NC2C1. The van der Waals surface area contributed by atoms with Crippen molar-refractivity contribution in [3.63, 3.8) is 0 Å². The van der Waals surface area contributed by atoms with Crippen molar-refractivity contribution in [1.82, 2.24) is 5.32 Å². The molecule has 1 aliphatic heterocycles. The van der Waals surface area contributed by atoms with Gasteiger partial charge in [-0.25, -0.2) is 4.79 Å². The van der Waals surface area contributed by atoms with E-state index in [2.05, 4.69) is 16.6 Å². The predicted molar refractivity (Wildman–Crippen MR) is 57.3 cm³/mol. The summed E-state index contributed by atoms with van der Waals surface area (Å²) in [4.78, 5) is 11.0. The second-order valence-electron chi connectivity index (χ2n) is 3.51. The number of esters is 1. The molecule has 15 heavy (non-hydrogen) atoms. The lowest BCUT2D eigenvalue weighted by Gasteiger charge is -2.07. The predicted octanol–water partition coefficient (Wildman–Crippen LogP) is 0.385. The van der Waals surface area contributed by atoms with E-state index in [-0.39, 0.29) is 12.6 Å². The number of fused-ring (bicyclic) bond motifs is 1. The summed E-state index contributed by atoms with van der Waals surface area (Å²) in [7, 11) is 1.43. The van der Waals surface area contributed by atoms with Gasteiger partial charge in [0.15, 0.2) is 0 Å². The van der Waals surface area contributed by atoms with Gasteiger partial charge in [-0.05, 0) is 12.8 Å². The van der Waals surface area contributed by atoms with E-state index in [1.807, 2.05) is 6.08 Å². The van der Waals surface area contributed by atoms with Crippen LogP contribution in [-0.4, -0.2) is 36.9 Å². The van der Waals surface area contributed by atoms with Crippen LogP contribution in [0.5, 0.6) is 0 Å². The Labute approximate surface area is 89.6 Å². The molecule has 0 spiro atoms. The molecule has 4 heteroatoms. The Balaban J connectivity index is 0.000000245. The second-order valence-corrected chi connectivity index (χ2v) is 3.51. The highest BCUT2D eigenvalue weighted by atomic mass is 16.5. The Morgan fingerprint density at radius 2 is 2.47 bits per heavy atom.